The fraction of sp³-hybridized carbons (Fsp3) is 0.273. The Bertz CT molecular complexity index is 940. The van der Waals surface area contributed by atoms with Crippen molar-refractivity contribution in [2.24, 2.45) is 17.8 Å². The van der Waals surface area contributed by atoms with Gasteiger partial charge in [-0.2, -0.15) is 0 Å². The van der Waals surface area contributed by atoms with Gasteiger partial charge in [-0.15, -0.1) is 0 Å². The van der Waals surface area contributed by atoms with E-state index in [1.54, 1.807) is 0 Å². The molecular weight excluding hydrogens is 358 g/mol. The lowest BCUT2D eigenvalue weighted by molar-refractivity contribution is -0.156. The van der Waals surface area contributed by atoms with Gasteiger partial charge in [-0.3, -0.25) is 19.2 Å². The quantitative estimate of drug-likeness (QED) is 0.801. The number of hydrogen-bond acceptors (Lipinski definition) is 4. The maximum atomic E-state index is 13.1. The zero-order valence-corrected chi connectivity index (χ0v) is 15.0. The largest absolute Gasteiger partial charge is 0.481 e. The molecule has 1 heterocycles. The van der Waals surface area contributed by atoms with Crippen LogP contribution in [-0.4, -0.2) is 39.5 Å². The number of carbonyl (C=O) groups is 4. The van der Waals surface area contributed by atoms with E-state index in [-0.39, 0.29) is 6.54 Å². The van der Waals surface area contributed by atoms with Crippen LogP contribution in [0.3, 0.4) is 0 Å². The van der Waals surface area contributed by atoms with Gasteiger partial charge in [0.05, 0.1) is 12.0 Å². The number of Topliss-reactive ketones (excluding diaryl/α,β-unsaturated/α-hetero) is 2. The summed E-state index contributed by atoms with van der Waals surface area (Å²) in [5, 5.41) is 9.47. The first kappa shape index (κ1) is 18.1. The molecule has 0 aromatic heterocycles. The Morgan fingerprint density at radius 3 is 1.96 bits per heavy atom. The number of carbonyl (C=O) groups excluding carboxylic acids is 3. The Kier molecular flexibility index (Phi) is 4.55. The highest BCUT2D eigenvalue weighted by molar-refractivity contribution is 6.26. The number of likely N-dealkylation sites (tertiary alicyclic amines) is 1. The van der Waals surface area contributed by atoms with Crippen molar-refractivity contribution < 1.29 is 24.3 Å². The maximum Gasteiger partial charge on any atom is 0.315 e. The number of hydrogen-bond donors (Lipinski definition) is 1. The van der Waals surface area contributed by atoms with Gasteiger partial charge in [0.15, 0.2) is 11.6 Å². The van der Waals surface area contributed by atoms with E-state index in [4.69, 9.17) is 0 Å². The van der Waals surface area contributed by atoms with E-state index in [0.29, 0.717) is 6.42 Å². The van der Waals surface area contributed by atoms with Gasteiger partial charge in [-0.05, 0) is 17.5 Å². The minimum absolute atomic E-state index is 0.233. The molecule has 4 unspecified atom stereocenters. The number of benzene rings is 2. The molecule has 6 nitrogen and oxygen atoms in total. The number of rotatable bonds is 5. The van der Waals surface area contributed by atoms with E-state index in [9.17, 15) is 24.3 Å². The topological polar surface area (TPSA) is 91.7 Å². The molecule has 4 atom stereocenters. The van der Waals surface area contributed by atoms with Crippen LogP contribution in [0.25, 0.3) is 0 Å². The fourth-order valence-electron chi connectivity index (χ4n) is 4.34. The summed E-state index contributed by atoms with van der Waals surface area (Å²) in [7, 11) is 0. The van der Waals surface area contributed by atoms with Crippen LogP contribution in [-0.2, 0) is 32.1 Å². The van der Waals surface area contributed by atoms with Crippen LogP contribution >= 0.6 is 0 Å². The molecule has 2 fully saturated rings. The number of aliphatic carboxylic acids is 1. The first-order valence-electron chi connectivity index (χ1n) is 9.17. The molecule has 1 amide bonds. The molecule has 0 spiro atoms. The molecule has 2 aromatic rings. The van der Waals surface area contributed by atoms with Crippen LogP contribution in [0.2, 0.25) is 0 Å². The van der Waals surface area contributed by atoms with Gasteiger partial charge in [-0.1, -0.05) is 60.7 Å². The molecule has 2 aromatic carbocycles. The van der Waals surface area contributed by atoms with Gasteiger partial charge in [-0.25, -0.2) is 0 Å². The smallest absolute Gasteiger partial charge is 0.315 e. The molecule has 1 saturated carbocycles. The van der Waals surface area contributed by atoms with Gasteiger partial charge in [0, 0.05) is 6.54 Å². The first-order chi connectivity index (χ1) is 13.5. The van der Waals surface area contributed by atoms with Crippen molar-refractivity contribution in [1.29, 1.82) is 0 Å². The first-order valence-corrected chi connectivity index (χ1v) is 9.17. The lowest BCUT2D eigenvalue weighted by Gasteiger charge is -2.38. The number of fused-ring (bicyclic) bond motifs is 2. The van der Waals surface area contributed by atoms with Crippen molar-refractivity contribution in [3.05, 3.63) is 71.8 Å². The van der Waals surface area contributed by atoms with Crippen LogP contribution in [0.4, 0.5) is 0 Å². The zero-order valence-electron chi connectivity index (χ0n) is 15.0. The number of nitrogens with zero attached hydrogens (tertiary/aromatic N) is 1. The lowest BCUT2D eigenvalue weighted by atomic mass is 9.84. The highest BCUT2D eigenvalue weighted by atomic mass is 16.4. The predicted octanol–water partition coefficient (Wildman–Crippen LogP) is 1.73. The minimum atomic E-state index is -1.58. The Hall–Kier alpha value is -3.28. The molecule has 1 N–H and O–H groups in total. The third kappa shape index (κ3) is 2.91. The van der Waals surface area contributed by atoms with Crippen LogP contribution in [0.5, 0.6) is 0 Å². The van der Waals surface area contributed by atoms with Gasteiger partial charge in [0.2, 0.25) is 5.91 Å². The second kappa shape index (κ2) is 7.03. The average molecular weight is 377 g/mol. The molecule has 4 rings (SSSR count). The second-order valence-electron chi connectivity index (χ2n) is 7.28. The second-order valence-corrected chi connectivity index (χ2v) is 7.28. The van der Waals surface area contributed by atoms with Gasteiger partial charge < -0.3 is 10.0 Å². The highest BCUT2D eigenvalue weighted by Gasteiger charge is 2.63. The summed E-state index contributed by atoms with van der Waals surface area (Å²) in [6, 6.07) is 17.9. The average Bonchev–Trinajstić information content (AvgIpc) is 2.91. The molecule has 0 radical (unpaired) electrons. The van der Waals surface area contributed by atoms with Crippen LogP contribution in [0, 0.1) is 17.8 Å². The molecule has 1 aliphatic heterocycles. The SMILES string of the molecule is O=C(O)C1C(=O)C2C(=O)C1C(=O)N(Cc1ccccc1)C2Cc1ccccc1. The summed E-state index contributed by atoms with van der Waals surface area (Å²) >= 11 is 0. The van der Waals surface area contributed by atoms with E-state index in [1.165, 1.54) is 4.90 Å². The van der Waals surface area contributed by atoms with E-state index in [0.717, 1.165) is 11.1 Å². The molecule has 1 saturated heterocycles. The third-order valence-corrected chi connectivity index (χ3v) is 5.64. The lowest BCUT2D eigenvalue weighted by Crippen LogP contribution is -2.55. The summed E-state index contributed by atoms with van der Waals surface area (Å²) < 4.78 is 0. The van der Waals surface area contributed by atoms with Gasteiger partial charge >= 0.3 is 5.97 Å². The summed E-state index contributed by atoms with van der Waals surface area (Å²) in [6.07, 6.45) is 0.320. The normalized spacial score (nSPS) is 26.6. The molecule has 28 heavy (non-hydrogen) atoms. The zero-order chi connectivity index (χ0) is 19.8. The molecular formula is C22H19NO5. The highest BCUT2D eigenvalue weighted by Crippen LogP contribution is 2.42. The summed E-state index contributed by atoms with van der Waals surface area (Å²) in [6.45, 7) is 0.233. The number of piperidine rings is 1. The predicted molar refractivity (Wildman–Crippen MR) is 99.0 cm³/mol. The van der Waals surface area contributed by atoms with Crippen molar-refractivity contribution in [2.45, 2.75) is 19.0 Å². The van der Waals surface area contributed by atoms with E-state index < -0.39 is 47.2 Å². The van der Waals surface area contributed by atoms with Crippen molar-refractivity contribution in [3.8, 4) is 0 Å². The van der Waals surface area contributed by atoms with E-state index >= 15 is 0 Å². The molecule has 6 heteroatoms. The fourth-order valence-corrected chi connectivity index (χ4v) is 4.34. The number of carboxylic acid groups (broad SMARTS) is 1. The molecule has 2 bridgehead atoms. The Morgan fingerprint density at radius 1 is 0.821 bits per heavy atom. The van der Waals surface area contributed by atoms with E-state index in [1.807, 2.05) is 60.7 Å². The van der Waals surface area contributed by atoms with Crippen molar-refractivity contribution in [3.63, 3.8) is 0 Å². The molecule has 1 aliphatic carbocycles. The van der Waals surface area contributed by atoms with Crippen LogP contribution in [0.1, 0.15) is 11.1 Å². The van der Waals surface area contributed by atoms with Crippen LogP contribution < -0.4 is 0 Å². The Morgan fingerprint density at radius 2 is 1.39 bits per heavy atom. The number of carboxylic acids is 1. The van der Waals surface area contributed by atoms with Crippen molar-refractivity contribution in [1.82, 2.24) is 4.90 Å². The van der Waals surface area contributed by atoms with E-state index in [2.05, 4.69) is 0 Å². The summed E-state index contributed by atoms with van der Waals surface area (Å²) in [4.78, 5) is 51.9. The number of amides is 1. The molecule has 142 valence electrons. The monoisotopic (exact) mass is 377 g/mol. The maximum absolute atomic E-state index is 13.1. The van der Waals surface area contributed by atoms with Gasteiger partial charge in [0.25, 0.3) is 0 Å². The van der Waals surface area contributed by atoms with Crippen molar-refractivity contribution in [2.75, 3.05) is 0 Å². The Balaban J connectivity index is 1.75. The van der Waals surface area contributed by atoms with Crippen molar-refractivity contribution >= 4 is 23.4 Å². The Labute approximate surface area is 161 Å². The van der Waals surface area contributed by atoms with Gasteiger partial charge in [0.1, 0.15) is 11.8 Å². The summed E-state index contributed by atoms with van der Waals surface area (Å²) in [5.41, 5.74) is 1.75. The minimum Gasteiger partial charge on any atom is -0.481 e. The summed E-state index contributed by atoms with van der Waals surface area (Å²) in [5.74, 6) is -7.24. The standard InChI is InChI=1S/C22H19NO5/c24-19-16-15(11-13-7-3-1-4-8-13)23(12-14-9-5-2-6-10-14)21(26)17(19)18(20(16)25)22(27)28/h1-10,15-18H,11-12H2,(H,27,28). The molecule has 2 aliphatic rings. The van der Waals surface area contributed by atoms with Crippen LogP contribution in [0.15, 0.2) is 60.7 Å². The number of ketones is 2. The third-order valence-electron chi connectivity index (χ3n) is 5.64.